The predicted octanol–water partition coefficient (Wildman–Crippen LogP) is 2.84. The molecule has 0 aliphatic heterocycles. The van der Waals surface area contributed by atoms with E-state index in [4.69, 9.17) is 9.47 Å². The number of benzene rings is 1. The Morgan fingerprint density at radius 3 is 2.57 bits per heavy atom. The number of rotatable bonds is 8. The lowest BCUT2D eigenvalue weighted by Gasteiger charge is -2.37. The van der Waals surface area contributed by atoms with E-state index in [9.17, 15) is 0 Å². The Morgan fingerprint density at radius 2 is 2.05 bits per heavy atom. The molecule has 1 fully saturated rings. The first-order valence-corrected chi connectivity index (χ1v) is 7.85. The summed E-state index contributed by atoms with van der Waals surface area (Å²) in [4.78, 5) is 2.47. The molecule has 1 saturated carbocycles. The number of hydrogen-bond acceptors (Lipinski definition) is 4. The van der Waals surface area contributed by atoms with Crippen LogP contribution in [0.15, 0.2) is 18.2 Å². The molecule has 1 aliphatic rings. The first kappa shape index (κ1) is 16.1. The van der Waals surface area contributed by atoms with Crippen LogP contribution in [0.1, 0.15) is 37.8 Å². The van der Waals surface area contributed by atoms with Gasteiger partial charge in [-0.3, -0.25) is 0 Å². The third-order valence-corrected chi connectivity index (χ3v) is 4.44. The van der Waals surface area contributed by atoms with Gasteiger partial charge in [0.2, 0.25) is 0 Å². The molecule has 0 aromatic heterocycles. The van der Waals surface area contributed by atoms with Crippen LogP contribution in [0.2, 0.25) is 0 Å². The summed E-state index contributed by atoms with van der Waals surface area (Å²) in [6, 6.07) is 7.10. The molecule has 118 valence electrons. The van der Waals surface area contributed by atoms with Crippen LogP contribution in [0.5, 0.6) is 11.5 Å². The molecule has 0 heterocycles. The molecule has 4 heteroatoms. The lowest BCUT2D eigenvalue weighted by atomic mass is 9.91. The van der Waals surface area contributed by atoms with Gasteiger partial charge in [-0.15, -0.1) is 0 Å². The standard InChI is InChI=1S/C17H28N2O2/c1-5-18-16(12-19(2)13-7-6-8-13)15-10-9-14(20-3)11-17(15)21-4/h9-11,13,16,18H,5-8,12H2,1-4H3. The number of methoxy groups -OCH3 is 2. The minimum Gasteiger partial charge on any atom is -0.497 e. The van der Waals surface area contributed by atoms with E-state index in [0.717, 1.165) is 30.6 Å². The van der Waals surface area contributed by atoms with Gasteiger partial charge in [0, 0.05) is 30.3 Å². The highest BCUT2D eigenvalue weighted by atomic mass is 16.5. The third kappa shape index (κ3) is 3.89. The highest BCUT2D eigenvalue weighted by Crippen LogP contribution is 2.31. The Morgan fingerprint density at radius 1 is 1.29 bits per heavy atom. The number of hydrogen-bond donors (Lipinski definition) is 1. The maximum atomic E-state index is 5.56. The molecule has 0 amide bonds. The zero-order valence-electron chi connectivity index (χ0n) is 13.7. The number of nitrogens with one attached hydrogen (secondary N) is 1. The molecule has 0 radical (unpaired) electrons. The molecule has 1 aromatic rings. The monoisotopic (exact) mass is 292 g/mol. The molecule has 0 spiro atoms. The average Bonchev–Trinajstić information content (AvgIpc) is 2.44. The second-order valence-electron chi connectivity index (χ2n) is 5.74. The van der Waals surface area contributed by atoms with Crippen LogP contribution in [0.4, 0.5) is 0 Å². The van der Waals surface area contributed by atoms with Crippen molar-refractivity contribution < 1.29 is 9.47 Å². The summed E-state index contributed by atoms with van der Waals surface area (Å²) >= 11 is 0. The highest BCUT2D eigenvalue weighted by molar-refractivity contribution is 5.42. The quantitative estimate of drug-likeness (QED) is 0.799. The van der Waals surface area contributed by atoms with Gasteiger partial charge in [-0.1, -0.05) is 19.4 Å². The predicted molar refractivity (Wildman–Crippen MR) is 86.2 cm³/mol. The SMILES string of the molecule is CCNC(CN(C)C1CCC1)c1ccc(OC)cc1OC. The van der Waals surface area contributed by atoms with Gasteiger partial charge in [-0.2, -0.15) is 0 Å². The Bertz CT molecular complexity index is 446. The van der Waals surface area contributed by atoms with Crippen molar-refractivity contribution >= 4 is 0 Å². The summed E-state index contributed by atoms with van der Waals surface area (Å²) in [7, 11) is 5.63. The molecule has 1 unspecified atom stereocenters. The molecule has 1 aromatic carbocycles. The summed E-state index contributed by atoms with van der Waals surface area (Å²) in [6.07, 6.45) is 4.02. The van der Waals surface area contributed by atoms with Crippen molar-refractivity contribution in [3.05, 3.63) is 23.8 Å². The van der Waals surface area contributed by atoms with Crippen LogP contribution < -0.4 is 14.8 Å². The van der Waals surface area contributed by atoms with Gasteiger partial charge in [-0.25, -0.2) is 0 Å². The number of likely N-dealkylation sites (N-methyl/N-ethyl adjacent to an activating group) is 2. The van der Waals surface area contributed by atoms with E-state index < -0.39 is 0 Å². The fourth-order valence-electron chi connectivity index (χ4n) is 2.89. The van der Waals surface area contributed by atoms with Gasteiger partial charge in [0.25, 0.3) is 0 Å². The Hall–Kier alpha value is -1.26. The molecule has 4 nitrogen and oxygen atoms in total. The minimum absolute atomic E-state index is 0.279. The fraction of sp³-hybridized carbons (Fsp3) is 0.647. The van der Waals surface area contributed by atoms with E-state index in [1.165, 1.54) is 24.8 Å². The maximum absolute atomic E-state index is 5.56. The second-order valence-corrected chi connectivity index (χ2v) is 5.74. The van der Waals surface area contributed by atoms with Gasteiger partial charge < -0.3 is 19.7 Å². The van der Waals surface area contributed by atoms with Crippen molar-refractivity contribution in [2.45, 2.75) is 38.3 Å². The van der Waals surface area contributed by atoms with Crippen LogP contribution in [-0.4, -0.2) is 45.3 Å². The van der Waals surface area contributed by atoms with E-state index in [1.54, 1.807) is 14.2 Å². The molecule has 1 atom stereocenters. The molecule has 2 rings (SSSR count). The van der Waals surface area contributed by atoms with Crippen molar-refractivity contribution in [1.29, 1.82) is 0 Å². The summed E-state index contributed by atoms with van der Waals surface area (Å²) in [5, 5.41) is 3.58. The third-order valence-electron chi connectivity index (χ3n) is 4.44. The van der Waals surface area contributed by atoms with Crippen LogP contribution in [-0.2, 0) is 0 Å². The molecular weight excluding hydrogens is 264 g/mol. The van der Waals surface area contributed by atoms with E-state index in [-0.39, 0.29) is 6.04 Å². The van der Waals surface area contributed by atoms with Crippen molar-refractivity contribution in [2.75, 3.05) is 34.4 Å². The zero-order chi connectivity index (χ0) is 15.2. The number of ether oxygens (including phenoxy) is 2. The largest absolute Gasteiger partial charge is 0.497 e. The van der Waals surface area contributed by atoms with Crippen molar-refractivity contribution in [3.63, 3.8) is 0 Å². The Kier molecular flexibility index (Phi) is 5.88. The summed E-state index contributed by atoms with van der Waals surface area (Å²) < 4.78 is 10.8. The van der Waals surface area contributed by atoms with Gasteiger partial charge in [0.15, 0.2) is 0 Å². The summed E-state index contributed by atoms with van der Waals surface area (Å²) in [5.74, 6) is 1.72. The van der Waals surface area contributed by atoms with E-state index >= 15 is 0 Å². The van der Waals surface area contributed by atoms with Crippen LogP contribution in [0.25, 0.3) is 0 Å². The first-order chi connectivity index (χ1) is 10.2. The van der Waals surface area contributed by atoms with E-state index in [0.29, 0.717) is 0 Å². The van der Waals surface area contributed by atoms with Crippen LogP contribution >= 0.6 is 0 Å². The Labute approximate surface area is 128 Å². The van der Waals surface area contributed by atoms with Crippen LogP contribution in [0.3, 0.4) is 0 Å². The van der Waals surface area contributed by atoms with Gasteiger partial charge >= 0.3 is 0 Å². The first-order valence-electron chi connectivity index (χ1n) is 7.85. The van der Waals surface area contributed by atoms with Gasteiger partial charge in [-0.05, 0) is 32.5 Å². The molecule has 1 N–H and O–H groups in total. The Balaban J connectivity index is 2.15. The van der Waals surface area contributed by atoms with Gasteiger partial charge in [0.1, 0.15) is 11.5 Å². The van der Waals surface area contributed by atoms with E-state index in [1.807, 2.05) is 12.1 Å². The number of nitrogens with zero attached hydrogens (tertiary/aromatic N) is 1. The zero-order valence-corrected chi connectivity index (χ0v) is 13.7. The maximum Gasteiger partial charge on any atom is 0.127 e. The van der Waals surface area contributed by atoms with Crippen molar-refractivity contribution in [3.8, 4) is 11.5 Å². The second kappa shape index (κ2) is 7.66. The van der Waals surface area contributed by atoms with Crippen molar-refractivity contribution in [1.82, 2.24) is 10.2 Å². The van der Waals surface area contributed by atoms with Crippen LogP contribution in [0, 0.1) is 0 Å². The summed E-state index contributed by atoms with van der Waals surface area (Å²) in [5.41, 5.74) is 1.20. The van der Waals surface area contributed by atoms with Gasteiger partial charge in [0.05, 0.1) is 14.2 Å². The van der Waals surface area contributed by atoms with Crippen molar-refractivity contribution in [2.24, 2.45) is 0 Å². The smallest absolute Gasteiger partial charge is 0.127 e. The molecule has 0 saturated heterocycles. The van der Waals surface area contributed by atoms with E-state index in [2.05, 4.69) is 30.3 Å². The normalized spacial score (nSPS) is 16.6. The molecular formula is C17H28N2O2. The topological polar surface area (TPSA) is 33.7 Å². The molecule has 21 heavy (non-hydrogen) atoms. The minimum atomic E-state index is 0.279. The lowest BCUT2D eigenvalue weighted by molar-refractivity contribution is 0.145. The molecule has 0 bridgehead atoms. The molecule has 1 aliphatic carbocycles. The average molecular weight is 292 g/mol. The fourth-order valence-corrected chi connectivity index (χ4v) is 2.89. The highest BCUT2D eigenvalue weighted by Gasteiger charge is 2.25. The lowest BCUT2D eigenvalue weighted by Crippen LogP contribution is -2.42. The summed E-state index contributed by atoms with van der Waals surface area (Å²) in [6.45, 7) is 4.09.